The summed E-state index contributed by atoms with van der Waals surface area (Å²) in [5.41, 5.74) is 1.57. The van der Waals surface area contributed by atoms with Crippen LogP contribution in [0.3, 0.4) is 0 Å². The van der Waals surface area contributed by atoms with Gasteiger partial charge in [0.05, 0.1) is 5.56 Å². The van der Waals surface area contributed by atoms with Crippen molar-refractivity contribution in [1.82, 2.24) is 0 Å². The Morgan fingerprint density at radius 1 is 1.00 bits per heavy atom. The third-order valence-electron chi connectivity index (χ3n) is 4.34. The van der Waals surface area contributed by atoms with Gasteiger partial charge in [0.2, 0.25) is 6.29 Å². The first-order valence-corrected chi connectivity index (χ1v) is 8.94. The van der Waals surface area contributed by atoms with Crippen LogP contribution in [0.4, 0.5) is 4.79 Å². The summed E-state index contributed by atoms with van der Waals surface area (Å²) in [5.74, 6) is -0.529. The van der Waals surface area contributed by atoms with Gasteiger partial charge in [0.25, 0.3) is 0 Å². The smallest absolute Gasteiger partial charge is 0.431 e. The molecule has 1 aromatic carbocycles. The number of benzene rings is 1. The quantitative estimate of drug-likeness (QED) is 0.568. The van der Waals surface area contributed by atoms with Gasteiger partial charge in [0.15, 0.2) is 0 Å². The van der Waals surface area contributed by atoms with Crippen LogP contribution in [0.15, 0.2) is 24.3 Å². The number of esters is 1. The van der Waals surface area contributed by atoms with Crippen molar-refractivity contribution in [1.29, 1.82) is 0 Å². The predicted octanol–water partition coefficient (Wildman–Crippen LogP) is 4.97. The molecule has 0 amide bonds. The van der Waals surface area contributed by atoms with Crippen LogP contribution in [0.25, 0.3) is 0 Å². The molecule has 1 fully saturated rings. The molecule has 0 spiro atoms. The molecule has 138 valence electrons. The van der Waals surface area contributed by atoms with Crippen molar-refractivity contribution >= 4 is 12.1 Å². The van der Waals surface area contributed by atoms with Crippen molar-refractivity contribution in [3.05, 3.63) is 35.4 Å². The Morgan fingerprint density at radius 3 is 2.16 bits per heavy atom. The molecule has 1 aliphatic carbocycles. The number of hydrogen-bond donors (Lipinski definition) is 0. The molecule has 1 unspecified atom stereocenters. The monoisotopic (exact) mass is 348 g/mol. The van der Waals surface area contributed by atoms with E-state index in [-0.39, 0.29) is 11.5 Å². The lowest BCUT2D eigenvalue weighted by molar-refractivity contribution is -0.0914. The van der Waals surface area contributed by atoms with E-state index in [0.29, 0.717) is 5.56 Å². The van der Waals surface area contributed by atoms with E-state index in [1.54, 1.807) is 12.1 Å². The van der Waals surface area contributed by atoms with Gasteiger partial charge in [-0.1, -0.05) is 39.3 Å². The fourth-order valence-corrected chi connectivity index (χ4v) is 2.83. The van der Waals surface area contributed by atoms with Gasteiger partial charge < -0.3 is 14.2 Å². The second-order valence-corrected chi connectivity index (χ2v) is 7.55. The highest BCUT2D eigenvalue weighted by atomic mass is 16.8. The summed E-state index contributed by atoms with van der Waals surface area (Å²) < 4.78 is 15.4. The van der Waals surface area contributed by atoms with E-state index >= 15 is 0 Å². The fraction of sp³-hybridized carbons (Fsp3) is 0.600. The van der Waals surface area contributed by atoms with Crippen LogP contribution in [-0.4, -0.2) is 24.5 Å². The summed E-state index contributed by atoms with van der Waals surface area (Å²) >= 11 is 0. The highest BCUT2D eigenvalue weighted by Gasteiger charge is 2.22. The van der Waals surface area contributed by atoms with Crippen LogP contribution < -0.4 is 0 Å². The summed E-state index contributed by atoms with van der Waals surface area (Å²) in [6, 6.07) is 7.24. The number of carbonyl (C=O) groups excluding carboxylic acids is 2. The Balaban J connectivity index is 1.81. The van der Waals surface area contributed by atoms with E-state index in [0.717, 1.165) is 31.2 Å². The zero-order valence-electron chi connectivity index (χ0n) is 15.5. The minimum Gasteiger partial charge on any atom is -0.431 e. The molecule has 0 N–H and O–H groups in total. The largest absolute Gasteiger partial charge is 0.511 e. The fourth-order valence-electron chi connectivity index (χ4n) is 2.83. The van der Waals surface area contributed by atoms with Gasteiger partial charge >= 0.3 is 12.1 Å². The summed E-state index contributed by atoms with van der Waals surface area (Å²) in [4.78, 5) is 23.9. The number of ether oxygens (including phenoxy) is 3. The average Bonchev–Trinajstić information content (AvgIpc) is 2.54. The molecule has 0 saturated heterocycles. The topological polar surface area (TPSA) is 61.8 Å². The van der Waals surface area contributed by atoms with Crippen molar-refractivity contribution in [3.63, 3.8) is 0 Å². The van der Waals surface area contributed by atoms with Crippen LogP contribution in [-0.2, 0) is 19.6 Å². The Morgan fingerprint density at radius 2 is 1.60 bits per heavy atom. The van der Waals surface area contributed by atoms with Gasteiger partial charge in [-0.05, 0) is 48.8 Å². The molecule has 5 heteroatoms. The zero-order valence-corrected chi connectivity index (χ0v) is 15.5. The average molecular weight is 348 g/mol. The lowest BCUT2D eigenvalue weighted by atomic mass is 9.87. The highest BCUT2D eigenvalue weighted by Crippen LogP contribution is 2.23. The van der Waals surface area contributed by atoms with Crippen LogP contribution in [0.5, 0.6) is 0 Å². The van der Waals surface area contributed by atoms with Crippen LogP contribution in [0, 0.1) is 0 Å². The molecular formula is C20H28O5. The molecule has 0 heterocycles. The van der Waals surface area contributed by atoms with Crippen LogP contribution >= 0.6 is 0 Å². The molecule has 25 heavy (non-hydrogen) atoms. The van der Waals surface area contributed by atoms with Crippen molar-refractivity contribution in [2.75, 3.05) is 0 Å². The Kier molecular flexibility index (Phi) is 6.45. The molecule has 0 aromatic heterocycles. The molecule has 1 aromatic rings. The lowest BCUT2D eigenvalue weighted by Gasteiger charge is -2.22. The van der Waals surface area contributed by atoms with Gasteiger partial charge in [0, 0.05) is 6.92 Å². The number of carbonyl (C=O) groups is 2. The second kappa shape index (κ2) is 8.37. The number of rotatable bonds is 4. The SMILES string of the molecule is CC(OC(=O)OC1CCCCC1)OC(=O)c1ccc(C(C)(C)C)cc1. The van der Waals surface area contributed by atoms with E-state index in [2.05, 4.69) is 20.8 Å². The second-order valence-electron chi connectivity index (χ2n) is 7.55. The normalized spacial score (nSPS) is 16.8. The van der Waals surface area contributed by atoms with E-state index < -0.39 is 18.4 Å². The summed E-state index contributed by atoms with van der Waals surface area (Å²) in [6.07, 6.45) is 3.17. The molecule has 0 bridgehead atoms. The Labute approximate surface area is 149 Å². The third-order valence-corrected chi connectivity index (χ3v) is 4.34. The minimum atomic E-state index is -0.995. The standard InChI is InChI=1S/C20H28O5/c1-14(24-19(22)25-17-8-6-5-7-9-17)23-18(21)15-10-12-16(13-11-15)20(2,3)4/h10-14,17H,5-9H2,1-4H3. The maximum absolute atomic E-state index is 12.1. The first-order chi connectivity index (χ1) is 11.8. The molecular weight excluding hydrogens is 320 g/mol. The van der Waals surface area contributed by atoms with Crippen molar-refractivity contribution < 1.29 is 23.8 Å². The van der Waals surface area contributed by atoms with Gasteiger partial charge in [-0.15, -0.1) is 0 Å². The first-order valence-electron chi connectivity index (χ1n) is 8.94. The predicted molar refractivity (Wildman–Crippen MR) is 94.5 cm³/mol. The third kappa shape index (κ3) is 6.07. The molecule has 1 aliphatic rings. The Hall–Kier alpha value is -2.04. The van der Waals surface area contributed by atoms with Gasteiger partial charge in [-0.3, -0.25) is 0 Å². The Bertz CT molecular complexity index is 579. The molecule has 0 aliphatic heterocycles. The maximum atomic E-state index is 12.1. The first kappa shape index (κ1) is 19.3. The molecule has 2 rings (SSSR count). The van der Waals surface area contributed by atoms with Crippen molar-refractivity contribution in [2.45, 2.75) is 77.6 Å². The highest BCUT2D eigenvalue weighted by molar-refractivity contribution is 5.89. The summed E-state index contributed by atoms with van der Waals surface area (Å²) in [5, 5.41) is 0. The van der Waals surface area contributed by atoms with E-state index in [9.17, 15) is 9.59 Å². The van der Waals surface area contributed by atoms with Gasteiger partial charge in [0.1, 0.15) is 6.10 Å². The zero-order chi connectivity index (χ0) is 18.4. The summed E-state index contributed by atoms with van der Waals surface area (Å²) in [6.45, 7) is 7.82. The summed E-state index contributed by atoms with van der Waals surface area (Å²) in [7, 11) is 0. The van der Waals surface area contributed by atoms with Crippen molar-refractivity contribution in [3.8, 4) is 0 Å². The minimum absolute atomic E-state index is 0.0156. The molecule has 1 saturated carbocycles. The van der Waals surface area contributed by atoms with Crippen molar-refractivity contribution in [2.24, 2.45) is 0 Å². The lowest BCUT2D eigenvalue weighted by Crippen LogP contribution is -2.26. The maximum Gasteiger partial charge on any atom is 0.511 e. The van der Waals surface area contributed by atoms with E-state index in [1.165, 1.54) is 13.3 Å². The molecule has 0 radical (unpaired) electrons. The van der Waals surface area contributed by atoms with Gasteiger partial charge in [-0.25, -0.2) is 9.59 Å². The van der Waals surface area contributed by atoms with Gasteiger partial charge in [-0.2, -0.15) is 0 Å². The van der Waals surface area contributed by atoms with Crippen LogP contribution in [0.2, 0.25) is 0 Å². The van der Waals surface area contributed by atoms with E-state index in [1.807, 2.05) is 12.1 Å². The van der Waals surface area contributed by atoms with E-state index in [4.69, 9.17) is 14.2 Å². The molecule has 5 nitrogen and oxygen atoms in total. The number of hydrogen-bond acceptors (Lipinski definition) is 5. The molecule has 1 atom stereocenters. The van der Waals surface area contributed by atoms with Crippen LogP contribution in [0.1, 0.15) is 75.7 Å².